The van der Waals surface area contributed by atoms with E-state index in [2.05, 4.69) is 41.2 Å². The van der Waals surface area contributed by atoms with Crippen LogP contribution in [0.5, 0.6) is 0 Å². The minimum absolute atomic E-state index is 0.628. The van der Waals surface area contributed by atoms with E-state index in [4.69, 9.17) is 4.74 Å². The first-order chi connectivity index (χ1) is 10.2. The molecule has 1 unspecified atom stereocenters. The van der Waals surface area contributed by atoms with Crippen molar-refractivity contribution in [3.63, 3.8) is 0 Å². The molecule has 1 fully saturated rings. The van der Waals surface area contributed by atoms with Gasteiger partial charge in [-0.1, -0.05) is 13.0 Å². The average molecular weight is 291 g/mol. The van der Waals surface area contributed by atoms with Crippen LogP contribution in [0, 0.1) is 5.92 Å². The zero-order chi connectivity index (χ0) is 15.1. The summed E-state index contributed by atoms with van der Waals surface area (Å²) in [5.41, 5.74) is 2.40. The van der Waals surface area contributed by atoms with E-state index in [1.54, 1.807) is 7.11 Å². The Morgan fingerprint density at radius 3 is 2.81 bits per heavy atom. The first kappa shape index (κ1) is 16.4. The van der Waals surface area contributed by atoms with Gasteiger partial charge in [0.1, 0.15) is 0 Å². The Hall–Kier alpha value is -0.970. The van der Waals surface area contributed by atoms with E-state index in [0.717, 1.165) is 44.4 Å². The predicted molar refractivity (Wildman–Crippen MR) is 86.1 cm³/mol. The van der Waals surface area contributed by atoms with Crippen molar-refractivity contribution in [2.45, 2.75) is 45.8 Å². The van der Waals surface area contributed by atoms with Gasteiger partial charge in [-0.25, -0.2) is 0 Å². The molecule has 1 saturated carbocycles. The molecule has 0 saturated heterocycles. The van der Waals surface area contributed by atoms with Crippen LogP contribution in [0.1, 0.15) is 37.9 Å². The van der Waals surface area contributed by atoms with Crippen molar-refractivity contribution in [1.82, 2.24) is 15.2 Å². The molecule has 118 valence electrons. The fourth-order valence-corrected chi connectivity index (χ4v) is 2.64. The molecule has 1 aliphatic carbocycles. The van der Waals surface area contributed by atoms with Gasteiger partial charge in [-0.3, -0.25) is 9.88 Å². The second kappa shape index (κ2) is 8.47. The summed E-state index contributed by atoms with van der Waals surface area (Å²) in [7, 11) is 1.77. The van der Waals surface area contributed by atoms with Crippen LogP contribution < -0.4 is 5.32 Å². The van der Waals surface area contributed by atoms with E-state index >= 15 is 0 Å². The molecule has 0 aromatic carbocycles. The lowest BCUT2D eigenvalue weighted by molar-refractivity contribution is 0.110. The summed E-state index contributed by atoms with van der Waals surface area (Å²) >= 11 is 0. The van der Waals surface area contributed by atoms with Crippen LogP contribution in [0.2, 0.25) is 0 Å². The number of pyridine rings is 1. The summed E-state index contributed by atoms with van der Waals surface area (Å²) in [4.78, 5) is 7.13. The van der Waals surface area contributed by atoms with Crippen molar-refractivity contribution in [3.05, 3.63) is 29.6 Å². The van der Waals surface area contributed by atoms with E-state index in [1.807, 2.05) is 6.20 Å². The van der Waals surface area contributed by atoms with E-state index in [-0.39, 0.29) is 0 Å². The average Bonchev–Trinajstić information content (AvgIpc) is 3.34. The van der Waals surface area contributed by atoms with Crippen molar-refractivity contribution in [3.8, 4) is 0 Å². The highest BCUT2D eigenvalue weighted by atomic mass is 16.5. The lowest BCUT2D eigenvalue weighted by Gasteiger charge is -2.28. The molecule has 1 aromatic heterocycles. The summed E-state index contributed by atoms with van der Waals surface area (Å²) in [6.45, 7) is 9.04. The second-order valence-electron chi connectivity index (χ2n) is 5.98. The monoisotopic (exact) mass is 291 g/mol. The minimum Gasteiger partial charge on any atom is -0.383 e. The normalized spacial score (nSPS) is 16.4. The van der Waals surface area contributed by atoms with Gasteiger partial charge >= 0.3 is 0 Å². The molecule has 1 aliphatic rings. The standard InChI is InChI=1S/C17H29N3O/c1-4-18-11-15-5-8-17(19-12-15)13-20(9-10-21-3)14(2)16-6-7-16/h5,8,12,14,16,18H,4,6-7,9-11,13H2,1-3H3. The lowest BCUT2D eigenvalue weighted by atomic mass is 10.1. The molecule has 0 spiro atoms. The van der Waals surface area contributed by atoms with Gasteiger partial charge in [0, 0.05) is 39.0 Å². The SMILES string of the molecule is CCNCc1ccc(CN(CCOC)C(C)C2CC2)nc1. The van der Waals surface area contributed by atoms with Gasteiger partial charge in [0.15, 0.2) is 0 Å². The fraction of sp³-hybridized carbons (Fsp3) is 0.706. The van der Waals surface area contributed by atoms with Crippen LogP contribution in [0.15, 0.2) is 18.3 Å². The zero-order valence-corrected chi connectivity index (χ0v) is 13.6. The van der Waals surface area contributed by atoms with Gasteiger partial charge in [0.25, 0.3) is 0 Å². The largest absolute Gasteiger partial charge is 0.383 e. The summed E-state index contributed by atoms with van der Waals surface area (Å²) < 4.78 is 5.25. The first-order valence-electron chi connectivity index (χ1n) is 8.12. The summed E-state index contributed by atoms with van der Waals surface area (Å²) in [5.74, 6) is 0.870. The lowest BCUT2D eigenvalue weighted by Crippen LogP contribution is -2.36. The number of methoxy groups -OCH3 is 1. The Labute approximate surface area is 128 Å². The van der Waals surface area contributed by atoms with E-state index < -0.39 is 0 Å². The summed E-state index contributed by atoms with van der Waals surface area (Å²) in [6, 6.07) is 4.97. The second-order valence-corrected chi connectivity index (χ2v) is 5.98. The molecule has 1 atom stereocenters. The van der Waals surface area contributed by atoms with Crippen LogP contribution in [0.4, 0.5) is 0 Å². The van der Waals surface area contributed by atoms with Crippen molar-refractivity contribution in [2.75, 3.05) is 26.8 Å². The van der Waals surface area contributed by atoms with Gasteiger partial charge in [-0.15, -0.1) is 0 Å². The van der Waals surface area contributed by atoms with Gasteiger partial charge in [-0.05, 0) is 43.9 Å². The third-order valence-electron chi connectivity index (χ3n) is 4.29. The van der Waals surface area contributed by atoms with Crippen LogP contribution in [0.25, 0.3) is 0 Å². The topological polar surface area (TPSA) is 37.4 Å². The number of aromatic nitrogens is 1. The first-order valence-corrected chi connectivity index (χ1v) is 8.12. The molecule has 0 bridgehead atoms. The highest BCUT2D eigenvalue weighted by Gasteiger charge is 2.31. The van der Waals surface area contributed by atoms with E-state index in [9.17, 15) is 0 Å². The molecule has 21 heavy (non-hydrogen) atoms. The molecule has 1 heterocycles. The Kier molecular flexibility index (Phi) is 6.61. The Morgan fingerprint density at radius 1 is 1.43 bits per heavy atom. The predicted octanol–water partition coefficient (Wildman–Crippen LogP) is 2.44. The smallest absolute Gasteiger partial charge is 0.0589 e. The highest BCUT2D eigenvalue weighted by molar-refractivity contribution is 5.14. The fourth-order valence-electron chi connectivity index (χ4n) is 2.64. The summed E-state index contributed by atoms with van der Waals surface area (Å²) in [6.07, 6.45) is 4.74. The number of nitrogens with zero attached hydrogens (tertiary/aromatic N) is 2. The molecular formula is C17H29N3O. The Morgan fingerprint density at radius 2 is 2.24 bits per heavy atom. The molecule has 0 aliphatic heterocycles. The molecular weight excluding hydrogens is 262 g/mol. The molecule has 0 radical (unpaired) electrons. The van der Waals surface area contributed by atoms with Gasteiger partial charge in [0.05, 0.1) is 12.3 Å². The third-order valence-corrected chi connectivity index (χ3v) is 4.29. The van der Waals surface area contributed by atoms with Gasteiger partial charge in [0.2, 0.25) is 0 Å². The third kappa shape index (κ3) is 5.38. The number of hydrogen-bond donors (Lipinski definition) is 1. The van der Waals surface area contributed by atoms with Crippen molar-refractivity contribution < 1.29 is 4.74 Å². The molecule has 4 heteroatoms. The maximum atomic E-state index is 5.25. The van der Waals surface area contributed by atoms with Crippen LogP contribution in [-0.4, -0.2) is 42.7 Å². The maximum Gasteiger partial charge on any atom is 0.0589 e. The molecule has 4 nitrogen and oxygen atoms in total. The molecule has 0 amide bonds. The van der Waals surface area contributed by atoms with E-state index in [1.165, 1.54) is 18.4 Å². The Balaban J connectivity index is 1.91. The molecule has 2 rings (SSSR count). The summed E-state index contributed by atoms with van der Waals surface area (Å²) in [5, 5.41) is 3.33. The zero-order valence-electron chi connectivity index (χ0n) is 13.6. The van der Waals surface area contributed by atoms with Gasteiger partial charge in [-0.2, -0.15) is 0 Å². The van der Waals surface area contributed by atoms with Crippen molar-refractivity contribution in [1.29, 1.82) is 0 Å². The quantitative estimate of drug-likeness (QED) is 0.718. The molecule has 1 aromatic rings. The number of nitrogens with one attached hydrogen (secondary N) is 1. The maximum absolute atomic E-state index is 5.25. The number of rotatable bonds is 10. The minimum atomic E-state index is 0.628. The number of hydrogen-bond acceptors (Lipinski definition) is 4. The van der Waals surface area contributed by atoms with Gasteiger partial charge < -0.3 is 10.1 Å². The van der Waals surface area contributed by atoms with Crippen molar-refractivity contribution in [2.24, 2.45) is 5.92 Å². The Bertz CT molecular complexity index is 403. The molecule has 1 N–H and O–H groups in total. The van der Waals surface area contributed by atoms with Crippen LogP contribution in [-0.2, 0) is 17.8 Å². The highest BCUT2D eigenvalue weighted by Crippen LogP contribution is 2.35. The van der Waals surface area contributed by atoms with Crippen molar-refractivity contribution >= 4 is 0 Å². The van der Waals surface area contributed by atoms with Crippen LogP contribution >= 0.6 is 0 Å². The number of ether oxygens (including phenoxy) is 1. The van der Waals surface area contributed by atoms with Crippen LogP contribution in [0.3, 0.4) is 0 Å². The van der Waals surface area contributed by atoms with E-state index in [0.29, 0.717) is 6.04 Å².